The third-order valence-electron chi connectivity index (χ3n) is 4.90. The van der Waals surface area contributed by atoms with Crippen molar-refractivity contribution in [2.75, 3.05) is 6.26 Å². The molecule has 0 aliphatic carbocycles. The Bertz CT molecular complexity index is 1260. The Morgan fingerprint density at radius 3 is 2.39 bits per heavy atom. The van der Waals surface area contributed by atoms with E-state index in [-0.39, 0.29) is 29.4 Å². The largest absolute Gasteiger partial charge is 0.459 e. The number of hydrogen-bond donors (Lipinski definition) is 0. The molecule has 1 atom stereocenters. The van der Waals surface area contributed by atoms with Crippen molar-refractivity contribution >= 4 is 21.5 Å². The molecule has 0 saturated heterocycles. The Morgan fingerprint density at radius 2 is 1.84 bits per heavy atom. The Balaban J connectivity index is 2.28. The minimum atomic E-state index is -3.62. The maximum atomic E-state index is 13.4. The van der Waals surface area contributed by atoms with Crippen LogP contribution in [0.25, 0.3) is 11.1 Å². The molecule has 1 aliphatic rings. The smallest absolute Gasteiger partial charge is 0.303 e. The molecule has 2 aromatic rings. The highest BCUT2D eigenvalue weighted by Crippen LogP contribution is 2.27. The molecule has 9 heteroatoms. The van der Waals surface area contributed by atoms with Crippen LogP contribution in [0.5, 0.6) is 0 Å². The molecule has 8 nitrogen and oxygen atoms in total. The fourth-order valence-corrected chi connectivity index (χ4v) is 3.76. The average Bonchev–Trinajstić information content (AvgIpc) is 3.18. The number of nitrogens with zero attached hydrogens (tertiary/aromatic N) is 3. The van der Waals surface area contributed by atoms with Crippen molar-refractivity contribution in [2.24, 2.45) is 4.99 Å². The number of sulfone groups is 1. The third-order valence-corrected chi connectivity index (χ3v) is 5.85. The van der Waals surface area contributed by atoms with Crippen LogP contribution < -0.4 is 5.56 Å². The monoisotopic (exact) mass is 443 g/mol. The number of esters is 1. The van der Waals surface area contributed by atoms with Crippen LogP contribution in [0.2, 0.25) is 0 Å². The zero-order valence-corrected chi connectivity index (χ0v) is 18.8. The second-order valence-electron chi connectivity index (χ2n) is 7.45. The summed E-state index contributed by atoms with van der Waals surface area (Å²) in [6.45, 7) is 9.05. The topological polar surface area (TPSA) is 99.7 Å². The molecule has 1 aromatic carbocycles. The number of carbonyl (C=O) groups is 1. The summed E-state index contributed by atoms with van der Waals surface area (Å²) in [5.74, 6) is -0.433. The fourth-order valence-electron chi connectivity index (χ4n) is 3.50. The minimum absolute atomic E-state index is 0.202. The van der Waals surface area contributed by atoms with Gasteiger partial charge in [0, 0.05) is 13.2 Å². The second kappa shape index (κ2) is 8.50. The summed E-state index contributed by atoms with van der Waals surface area (Å²) in [6, 6.07) is 7.48. The third kappa shape index (κ3) is 4.61. The molecule has 0 bridgehead atoms. The van der Waals surface area contributed by atoms with E-state index in [1.54, 1.807) is 23.8 Å². The molecule has 1 aromatic heterocycles. The van der Waals surface area contributed by atoms with Gasteiger partial charge in [-0.3, -0.25) is 14.3 Å². The van der Waals surface area contributed by atoms with Crippen molar-refractivity contribution in [3.63, 3.8) is 0 Å². The summed E-state index contributed by atoms with van der Waals surface area (Å²) in [4.78, 5) is 29.0. The highest BCUT2D eigenvalue weighted by molar-refractivity contribution is 7.94. The standard InChI is InChI=1S/C22H25N3O5S/c1-6-7-19(23-15(3)31(5,28)29)21-20(17-10-8-14(2)9-11-17)22(27)25-13-18(12-24(21)25)30-16(4)26/h6-11,18H,3,12-13H2,1-2,4-5H3/b7-6-,23-19+. The highest BCUT2D eigenvalue weighted by atomic mass is 32.2. The molecule has 3 rings (SSSR count). The summed E-state index contributed by atoms with van der Waals surface area (Å²) in [7, 11) is -3.62. The number of rotatable bonds is 6. The lowest BCUT2D eigenvalue weighted by atomic mass is 10.0. The number of carbonyl (C=O) groups excluding carboxylic acids is 1. The van der Waals surface area contributed by atoms with E-state index in [1.165, 1.54) is 11.6 Å². The van der Waals surface area contributed by atoms with Crippen LogP contribution in [0.15, 0.2) is 57.8 Å². The van der Waals surface area contributed by atoms with Gasteiger partial charge in [0.2, 0.25) is 0 Å². The molecule has 0 radical (unpaired) electrons. The van der Waals surface area contributed by atoms with Crippen LogP contribution in [-0.2, 0) is 32.5 Å². The van der Waals surface area contributed by atoms with Crippen molar-refractivity contribution in [3.05, 3.63) is 69.6 Å². The van der Waals surface area contributed by atoms with E-state index in [0.717, 1.165) is 11.8 Å². The molecule has 1 aliphatic heterocycles. The molecular formula is C22H25N3O5S. The highest BCUT2D eigenvalue weighted by Gasteiger charge is 2.32. The average molecular weight is 444 g/mol. The van der Waals surface area contributed by atoms with Gasteiger partial charge in [0.1, 0.15) is 11.1 Å². The van der Waals surface area contributed by atoms with Gasteiger partial charge in [0.05, 0.1) is 30.1 Å². The number of aromatic nitrogens is 2. The SMILES string of the molecule is C=C(/N=C(\C=C/C)c1c(-c2ccc(C)cc2)c(=O)n2n1CC(OC(C)=O)C2)S(C)(=O)=O. The first kappa shape index (κ1) is 22.5. The van der Waals surface area contributed by atoms with E-state index in [1.807, 2.05) is 31.2 Å². The summed E-state index contributed by atoms with van der Waals surface area (Å²) in [6.07, 6.45) is 3.87. The van der Waals surface area contributed by atoms with E-state index in [0.29, 0.717) is 16.8 Å². The van der Waals surface area contributed by atoms with Crippen molar-refractivity contribution < 1.29 is 17.9 Å². The molecule has 0 fully saturated rings. The van der Waals surface area contributed by atoms with E-state index >= 15 is 0 Å². The van der Waals surface area contributed by atoms with E-state index in [9.17, 15) is 18.0 Å². The first-order valence-electron chi connectivity index (χ1n) is 9.71. The molecule has 0 amide bonds. The van der Waals surface area contributed by atoms with Gasteiger partial charge < -0.3 is 4.74 Å². The summed E-state index contributed by atoms with van der Waals surface area (Å²) in [5, 5.41) is -0.307. The predicted octanol–water partition coefficient (Wildman–Crippen LogP) is 2.45. The van der Waals surface area contributed by atoms with Crippen LogP contribution in [0.3, 0.4) is 0 Å². The van der Waals surface area contributed by atoms with Gasteiger partial charge in [0.15, 0.2) is 9.84 Å². The molecule has 0 spiro atoms. The van der Waals surface area contributed by atoms with Crippen molar-refractivity contribution in [1.29, 1.82) is 0 Å². The van der Waals surface area contributed by atoms with Gasteiger partial charge in [-0.25, -0.2) is 18.1 Å². The van der Waals surface area contributed by atoms with Gasteiger partial charge in [0.25, 0.3) is 5.56 Å². The van der Waals surface area contributed by atoms with Gasteiger partial charge in [-0.15, -0.1) is 0 Å². The maximum Gasteiger partial charge on any atom is 0.303 e. The zero-order valence-electron chi connectivity index (χ0n) is 18.0. The van der Waals surface area contributed by atoms with Gasteiger partial charge in [-0.2, -0.15) is 0 Å². The molecule has 164 valence electrons. The number of aryl methyl sites for hydroxylation is 1. The van der Waals surface area contributed by atoms with Crippen LogP contribution in [0.4, 0.5) is 0 Å². The Kier molecular flexibility index (Phi) is 6.17. The van der Waals surface area contributed by atoms with E-state index < -0.39 is 21.9 Å². The Labute approximate surface area is 181 Å². The fraction of sp³-hybridized carbons (Fsp3) is 0.318. The van der Waals surface area contributed by atoms with Gasteiger partial charge in [-0.05, 0) is 25.5 Å². The number of hydrogen-bond acceptors (Lipinski definition) is 6. The van der Waals surface area contributed by atoms with Crippen molar-refractivity contribution in [1.82, 2.24) is 9.36 Å². The zero-order chi connectivity index (χ0) is 22.9. The van der Waals surface area contributed by atoms with Crippen LogP contribution in [0, 0.1) is 6.92 Å². The minimum Gasteiger partial charge on any atom is -0.459 e. The van der Waals surface area contributed by atoms with Crippen molar-refractivity contribution in [3.8, 4) is 11.1 Å². The molecule has 31 heavy (non-hydrogen) atoms. The lowest BCUT2D eigenvalue weighted by Crippen LogP contribution is -2.22. The maximum absolute atomic E-state index is 13.4. The Hall–Kier alpha value is -3.20. The van der Waals surface area contributed by atoms with Gasteiger partial charge in [-0.1, -0.05) is 42.5 Å². The lowest BCUT2D eigenvalue weighted by molar-refractivity contribution is -0.146. The van der Waals surface area contributed by atoms with Crippen LogP contribution >= 0.6 is 0 Å². The van der Waals surface area contributed by atoms with Crippen LogP contribution in [0.1, 0.15) is 25.1 Å². The van der Waals surface area contributed by atoms with E-state index in [4.69, 9.17) is 4.74 Å². The molecule has 1 unspecified atom stereocenters. The van der Waals surface area contributed by atoms with Gasteiger partial charge >= 0.3 is 5.97 Å². The normalized spacial score (nSPS) is 16.5. The Morgan fingerprint density at radius 1 is 1.23 bits per heavy atom. The number of fused-ring (bicyclic) bond motifs is 1. The lowest BCUT2D eigenvalue weighted by Gasteiger charge is -2.12. The number of aliphatic imine (C=N–C) groups is 1. The second-order valence-corrected chi connectivity index (χ2v) is 9.47. The first-order chi connectivity index (χ1) is 14.5. The van der Waals surface area contributed by atoms with E-state index in [2.05, 4.69) is 11.6 Å². The summed E-state index contributed by atoms with van der Waals surface area (Å²) < 4.78 is 32.4. The molecule has 0 saturated carbocycles. The first-order valence-corrected chi connectivity index (χ1v) is 11.6. The predicted molar refractivity (Wildman–Crippen MR) is 120 cm³/mol. The number of allylic oxidation sites excluding steroid dienone is 2. The summed E-state index contributed by atoms with van der Waals surface area (Å²) in [5.41, 5.74) is 2.60. The summed E-state index contributed by atoms with van der Waals surface area (Å²) >= 11 is 0. The number of ether oxygens (including phenoxy) is 1. The number of benzene rings is 1. The quantitative estimate of drug-likeness (QED) is 0.504. The molecule has 2 heterocycles. The van der Waals surface area contributed by atoms with Crippen molar-refractivity contribution in [2.45, 2.75) is 40.0 Å². The van der Waals surface area contributed by atoms with Crippen LogP contribution in [-0.4, -0.2) is 41.8 Å². The molecule has 0 N–H and O–H groups in total. The molecular weight excluding hydrogens is 418 g/mol.